The Balaban J connectivity index is 0.00000120. The molecule has 0 nitrogen and oxygen atoms in total. The molecule has 0 aromatic heterocycles. The molecule has 0 aliphatic heterocycles. The van der Waals surface area contributed by atoms with Crippen LogP contribution in [-0.4, -0.2) is 0 Å². The van der Waals surface area contributed by atoms with E-state index in [1.54, 1.807) is 0 Å². The van der Waals surface area contributed by atoms with Crippen LogP contribution in [0.5, 0.6) is 0 Å². The fourth-order valence-electron chi connectivity index (χ4n) is 2.22. The summed E-state index contributed by atoms with van der Waals surface area (Å²) in [5.41, 5.74) is 3.97. The van der Waals surface area contributed by atoms with Crippen molar-refractivity contribution in [1.29, 1.82) is 0 Å². The van der Waals surface area contributed by atoms with Crippen LogP contribution in [0.2, 0.25) is 0 Å². The summed E-state index contributed by atoms with van der Waals surface area (Å²) in [6.07, 6.45) is 6.80. The van der Waals surface area contributed by atoms with Gasteiger partial charge in [-0.15, -0.1) is 0 Å². The first-order valence-electron chi connectivity index (χ1n) is 5.94. The van der Waals surface area contributed by atoms with Gasteiger partial charge in [-0.05, 0) is 16.7 Å². The van der Waals surface area contributed by atoms with Gasteiger partial charge in [-0.2, -0.15) is 0 Å². The minimum Gasteiger partial charge on any atom is -0.0726 e. The van der Waals surface area contributed by atoms with Gasteiger partial charge in [0.1, 0.15) is 0 Å². The van der Waals surface area contributed by atoms with Crippen molar-refractivity contribution in [3.63, 3.8) is 0 Å². The molecule has 0 saturated carbocycles. The van der Waals surface area contributed by atoms with Crippen LogP contribution >= 0.6 is 0 Å². The monoisotopic (exact) mass is 413 g/mol. The quantitative estimate of drug-likeness (QED) is 0.684. The van der Waals surface area contributed by atoms with Gasteiger partial charge in [0.25, 0.3) is 0 Å². The summed E-state index contributed by atoms with van der Waals surface area (Å²) < 4.78 is 0. The van der Waals surface area contributed by atoms with Gasteiger partial charge in [-0.3, -0.25) is 0 Å². The summed E-state index contributed by atoms with van der Waals surface area (Å²) in [4.78, 5) is 0. The molecule has 2 aromatic carbocycles. The Bertz CT molecular complexity index is 553. The summed E-state index contributed by atoms with van der Waals surface area (Å²) in [7, 11) is 0. The molecule has 1 heteroatoms. The number of rotatable bonds is 2. The normalized spacial score (nSPS) is 17.1. The van der Waals surface area contributed by atoms with Crippen molar-refractivity contribution >= 4 is 5.57 Å². The van der Waals surface area contributed by atoms with E-state index in [4.69, 9.17) is 0 Å². The average Bonchev–Trinajstić information content (AvgIpc) is 2.90. The van der Waals surface area contributed by atoms with E-state index in [-0.39, 0.29) is 21.1 Å². The van der Waals surface area contributed by atoms with Crippen LogP contribution in [0.3, 0.4) is 0 Å². The summed E-state index contributed by atoms with van der Waals surface area (Å²) in [6, 6.07) is 21.1. The van der Waals surface area contributed by atoms with E-state index in [9.17, 15) is 0 Å². The maximum atomic E-state index is 2.32. The Morgan fingerprint density at radius 2 is 1.33 bits per heavy atom. The molecule has 0 heterocycles. The average molecular weight is 413 g/mol. The van der Waals surface area contributed by atoms with Gasteiger partial charge < -0.3 is 0 Å². The van der Waals surface area contributed by atoms with E-state index in [1.165, 1.54) is 16.7 Å². The van der Waals surface area contributed by atoms with Crippen molar-refractivity contribution in [1.82, 2.24) is 0 Å². The molecule has 2 aromatic rings. The summed E-state index contributed by atoms with van der Waals surface area (Å²) >= 11 is 0. The van der Waals surface area contributed by atoms with E-state index in [0.717, 1.165) is 0 Å². The van der Waals surface area contributed by atoms with Crippen LogP contribution in [0.15, 0.2) is 78.9 Å². The smallest absolute Gasteiger partial charge is 0.0210 e. The third-order valence-corrected chi connectivity index (χ3v) is 3.13. The van der Waals surface area contributed by atoms with Gasteiger partial charge in [0.05, 0.1) is 0 Å². The van der Waals surface area contributed by atoms with Crippen LogP contribution < -0.4 is 0 Å². The maximum Gasteiger partial charge on any atom is 0.0210 e. The fraction of sp³-hybridized carbons (Fsp3) is 0.0588. The predicted molar refractivity (Wildman–Crippen MR) is 72.7 cm³/mol. The van der Waals surface area contributed by atoms with E-state index < -0.39 is 0 Å². The summed E-state index contributed by atoms with van der Waals surface area (Å²) in [5.74, 6) is 0.423. The van der Waals surface area contributed by atoms with Crippen LogP contribution in [0, 0.1) is 0 Å². The Morgan fingerprint density at radius 1 is 0.722 bits per heavy atom. The minimum atomic E-state index is 0. The molecule has 0 spiro atoms. The first-order chi connectivity index (χ1) is 8.43. The second-order valence-corrected chi connectivity index (χ2v) is 4.28. The van der Waals surface area contributed by atoms with Gasteiger partial charge in [-0.1, -0.05) is 78.9 Å². The number of hydrogen-bond donors (Lipinski definition) is 0. The first-order valence-corrected chi connectivity index (χ1v) is 5.94. The van der Waals surface area contributed by atoms with E-state index in [1.807, 2.05) is 0 Å². The van der Waals surface area contributed by atoms with Gasteiger partial charge in [0, 0.05) is 27.0 Å². The van der Waals surface area contributed by atoms with Crippen molar-refractivity contribution in [2.45, 2.75) is 5.92 Å². The second kappa shape index (κ2) is 5.98. The summed E-state index contributed by atoms with van der Waals surface area (Å²) in [6.45, 7) is 0. The fourth-order valence-corrected chi connectivity index (χ4v) is 2.22. The molecule has 0 bridgehead atoms. The largest absolute Gasteiger partial charge is 0.0726 e. The summed E-state index contributed by atoms with van der Waals surface area (Å²) in [5, 5.41) is 0. The van der Waals surface area contributed by atoms with E-state index in [2.05, 4.69) is 78.9 Å². The van der Waals surface area contributed by atoms with E-state index >= 15 is 0 Å². The Morgan fingerprint density at radius 3 is 2.00 bits per heavy atom. The molecular formula is C17H14Pt. The van der Waals surface area contributed by atoms with Gasteiger partial charge in [0.15, 0.2) is 0 Å². The minimum absolute atomic E-state index is 0. The van der Waals surface area contributed by atoms with Crippen molar-refractivity contribution in [3.05, 3.63) is 90.0 Å². The zero-order valence-corrected chi connectivity index (χ0v) is 12.2. The van der Waals surface area contributed by atoms with Crippen LogP contribution in [0.25, 0.3) is 5.57 Å². The number of allylic oxidation sites excluding steroid dienone is 4. The van der Waals surface area contributed by atoms with Crippen LogP contribution in [0.1, 0.15) is 17.0 Å². The number of hydrogen-bond acceptors (Lipinski definition) is 0. The first kappa shape index (κ1) is 13.0. The zero-order chi connectivity index (χ0) is 11.5. The molecular weight excluding hydrogens is 399 g/mol. The SMILES string of the molecule is C1=CC(c2ccccc2)C=C1c1ccccc1.[Pt]. The third kappa shape index (κ3) is 2.71. The van der Waals surface area contributed by atoms with Crippen LogP contribution in [0.4, 0.5) is 0 Å². The molecule has 0 fully saturated rings. The van der Waals surface area contributed by atoms with E-state index in [0.29, 0.717) is 5.92 Å². The molecule has 0 amide bonds. The maximum absolute atomic E-state index is 2.32. The third-order valence-electron chi connectivity index (χ3n) is 3.13. The molecule has 18 heavy (non-hydrogen) atoms. The van der Waals surface area contributed by atoms with Crippen molar-refractivity contribution in [3.8, 4) is 0 Å². The van der Waals surface area contributed by atoms with Crippen molar-refractivity contribution in [2.75, 3.05) is 0 Å². The Kier molecular flexibility index (Phi) is 4.33. The topological polar surface area (TPSA) is 0 Å². The Hall–Kier alpha value is -1.39. The molecule has 1 atom stereocenters. The van der Waals surface area contributed by atoms with Gasteiger partial charge >= 0.3 is 0 Å². The molecule has 0 N–H and O–H groups in total. The second-order valence-electron chi connectivity index (χ2n) is 4.28. The number of benzene rings is 2. The van der Waals surface area contributed by atoms with Gasteiger partial charge in [0.2, 0.25) is 0 Å². The molecule has 0 radical (unpaired) electrons. The molecule has 92 valence electrons. The molecule has 1 unspecified atom stereocenters. The van der Waals surface area contributed by atoms with Crippen molar-refractivity contribution in [2.24, 2.45) is 0 Å². The zero-order valence-electron chi connectivity index (χ0n) is 9.90. The predicted octanol–water partition coefficient (Wildman–Crippen LogP) is 4.42. The van der Waals surface area contributed by atoms with Crippen molar-refractivity contribution < 1.29 is 21.1 Å². The van der Waals surface area contributed by atoms with Crippen LogP contribution in [-0.2, 0) is 21.1 Å². The Labute approximate surface area is 122 Å². The molecule has 1 aliphatic rings. The molecule has 1 aliphatic carbocycles. The standard InChI is InChI=1S/C17H14.Pt/c1-3-7-14(8-4-1)16-11-12-17(13-16)15-9-5-2-6-10-15;/h1-13,16H;. The molecule has 3 rings (SSSR count). The molecule has 0 saturated heterocycles. The van der Waals surface area contributed by atoms with Gasteiger partial charge in [-0.25, -0.2) is 0 Å².